The molecule has 0 bridgehead atoms. The molecule has 100 valence electrons. The highest BCUT2D eigenvalue weighted by atomic mass is 35.5. The zero-order valence-electron chi connectivity index (χ0n) is 10.3. The van der Waals surface area contributed by atoms with Crippen molar-refractivity contribution in [2.45, 2.75) is 24.5 Å². The van der Waals surface area contributed by atoms with Crippen molar-refractivity contribution in [3.63, 3.8) is 0 Å². The first-order valence-corrected chi connectivity index (χ1v) is 6.68. The topological polar surface area (TPSA) is 44.5 Å². The van der Waals surface area contributed by atoms with E-state index in [1.165, 1.54) is 0 Å². The van der Waals surface area contributed by atoms with Gasteiger partial charge in [0.05, 0.1) is 21.7 Å². The molecule has 1 aliphatic rings. The van der Waals surface area contributed by atoms with E-state index >= 15 is 0 Å². The van der Waals surface area contributed by atoms with Gasteiger partial charge in [-0.2, -0.15) is 0 Å². The molecule has 1 heterocycles. The molecule has 1 aliphatic heterocycles. The first-order valence-electron chi connectivity index (χ1n) is 5.92. The van der Waals surface area contributed by atoms with Crippen LogP contribution in [-0.4, -0.2) is 25.9 Å². The highest BCUT2D eigenvalue weighted by Crippen LogP contribution is 2.37. The molecule has 0 spiro atoms. The van der Waals surface area contributed by atoms with Gasteiger partial charge < -0.3 is 15.2 Å². The van der Waals surface area contributed by atoms with Gasteiger partial charge in [-0.25, -0.2) is 0 Å². The summed E-state index contributed by atoms with van der Waals surface area (Å²) in [4.78, 5) is 0. The molecule has 2 rings (SSSR count). The Morgan fingerprint density at radius 3 is 2.50 bits per heavy atom. The van der Waals surface area contributed by atoms with Crippen molar-refractivity contribution in [3.05, 3.63) is 33.8 Å². The van der Waals surface area contributed by atoms with Gasteiger partial charge in [-0.05, 0) is 17.7 Å². The van der Waals surface area contributed by atoms with E-state index in [0.29, 0.717) is 23.3 Å². The van der Waals surface area contributed by atoms with Crippen LogP contribution in [0, 0.1) is 0 Å². The van der Waals surface area contributed by atoms with E-state index in [0.717, 1.165) is 18.4 Å². The van der Waals surface area contributed by atoms with Crippen LogP contribution in [0.25, 0.3) is 0 Å². The van der Waals surface area contributed by atoms with Gasteiger partial charge in [-0.1, -0.05) is 29.3 Å². The fraction of sp³-hybridized carbons (Fsp3) is 0.538. The van der Waals surface area contributed by atoms with Crippen LogP contribution in [0.1, 0.15) is 24.4 Å². The minimum Gasteiger partial charge on any atom is -0.381 e. The molecule has 0 radical (unpaired) electrons. The summed E-state index contributed by atoms with van der Waals surface area (Å²) in [5.41, 5.74) is 6.91. The first-order chi connectivity index (χ1) is 8.59. The number of ether oxygens (including phenoxy) is 2. The van der Waals surface area contributed by atoms with Gasteiger partial charge in [0.25, 0.3) is 0 Å². The van der Waals surface area contributed by atoms with Gasteiger partial charge >= 0.3 is 0 Å². The number of hydrogen-bond acceptors (Lipinski definition) is 3. The molecule has 0 saturated carbocycles. The van der Waals surface area contributed by atoms with E-state index in [2.05, 4.69) is 0 Å². The summed E-state index contributed by atoms with van der Waals surface area (Å²) < 4.78 is 11.1. The van der Waals surface area contributed by atoms with Gasteiger partial charge in [0.2, 0.25) is 0 Å². The molecule has 0 amide bonds. The van der Waals surface area contributed by atoms with Crippen molar-refractivity contribution in [3.8, 4) is 0 Å². The molecule has 1 atom stereocenters. The maximum atomic E-state index is 6.35. The summed E-state index contributed by atoms with van der Waals surface area (Å²) >= 11 is 11.9. The number of methoxy groups -OCH3 is 1. The van der Waals surface area contributed by atoms with Crippen LogP contribution in [-0.2, 0) is 9.47 Å². The smallest absolute Gasteiger partial charge is 0.0914 e. The first kappa shape index (κ1) is 14.1. The lowest BCUT2D eigenvalue weighted by molar-refractivity contribution is -0.105. The van der Waals surface area contributed by atoms with Crippen molar-refractivity contribution < 1.29 is 9.47 Å². The Morgan fingerprint density at radius 1 is 1.28 bits per heavy atom. The molecule has 0 aromatic heterocycles. The second kappa shape index (κ2) is 5.76. The molecule has 18 heavy (non-hydrogen) atoms. The third-order valence-electron chi connectivity index (χ3n) is 3.62. The number of hydrogen-bond donors (Lipinski definition) is 1. The molecule has 0 aliphatic carbocycles. The zero-order valence-corrected chi connectivity index (χ0v) is 11.8. The van der Waals surface area contributed by atoms with Crippen LogP contribution < -0.4 is 5.73 Å². The summed E-state index contributed by atoms with van der Waals surface area (Å²) in [5, 5.41) is 1.05. The third kappa shape index (κ3) is 2.65. The average molecular weight is 290 g/mol. The lowest BCUT2D eigenvalue weighted by Gasteiger charge is -2.40. The Morgan fingerprint density at radius 2 is 1.94 bits per heavy atom. The molecule has 2 N–H and O–H groups in total. The lowest BCUT2D eigenvalue weighted by Crippen LogP contribution is -2.47. The monoisotopic (exact) mass is 289 g/mol. The summed E-state index contributed by atoms with van der Waals surface area (Å²) in [6.45, 7) is 1.34. The maximum absolute atomic E-state index is 6.35. The van der Waals surface area contributed by atoms with Gasteiger partial charge in [0.15, 0.2) is 0 Å². The highest BCUT2D eigenvalue weighted by Gasteiger charge is 2.39. The van der Waals surface area contributed by atoms with Gasteiger partial charge in [0.1, 0.15) is 0 Å². The van der Waals surface area contributed by atoms with E-state index in [9.17, 15) is 0 Å². The number of nitrogens with two attached hydrogens (primary N) is 1. The fourth-order valence-electron chi connectivity index (χ4n) is 2.37. The Kier molecular flexibility index (Phi) is 4.51. The zero-order chi connectivity index (χ0) is 13.2. The van der Waals surface area contributed by atoms with Gasteiger partial charge in [-0.3, -0.25) is 0 Å². The quantitative estimate of drug-likeness (QED) is 0.929. The minimum atomic E-state index is -0.380. The molecule has 1 saturated heterocycles. The summed E-state index contributed by atoms with van der Waals surface area (Å²) in [6, 6.07) is 5.24. The lowest BCUT2D eigenvalue weighted by atomic mass is 9.82. The molecule has 3 nitrogen and oxygen atoms in total. The van der Waals surface area contributed by atoms with Gasteiger partial charge in [0, 0.05) is 33.2 Å². The molecular formula is C13H17Cl2NO2. The second-order valence-corrected chi connectivity index (χ2v) is 5.35. The average Bonchev–Trinajstić information content (AvgIpc) is 2.42. The number of halogens is 2. The standard InChI is InChI=1S/C13H17Cl2NO2/c1-17-13(4-6-18-7-5-13)12(16)9-2-3-10(14)11(15)8-9/h2-3,8,12H,4-7,16H2,1H3. The van der Waals surface area contributed by atoms with E-state index < -0.39 is 0 Å². The van der Waals surface area contributed by atoms with E-state index in [4.69, 9.17) is 38.4 Å². The van der Waals surface area contributed by atoms with Crippen molar-refractivity contribution >= 4 is 23.2 Å². The van der Waals surface area contributed by atoms with Crippen LogP contribution in [0.5, 0.6) is 0 Å². The Hall–Kier alpha value is -0.320. The van der Waals surface area contributed by atoms with Crippen LogP contribution in [0.2, 0.25) is 10.0 Å². The molecule has 1 fully saturated rings. The molecule has 1 aromatic rings. The van der Waals surface area contributed by atoms with Crippen molar-refractivity contribution in [1.29, 1.82) is 0 Å². The molecule has 5 heteroatoms. The highest BCUT2D eigenvalue weighted by molar-refractivity contribution is 6.42. The minimum absolute atomic E-state index is 0.235. The number of rotatable bonds is 3. The fourth-order valence-corrected chi connectivity index (χ4v) is 2.68. The summed E-state index contributed by atoms with van der Waals surface area (Å²) in [6.07, 6.45) is 1.57. The predicted octanol–water partition coefficient (Wildman–Crippen LogP) is 3.19. The normalized spacial score (nSPS) is 20.7. The maximum Gasteiger partial charge on any atom is 0.0914 e. The van der Waals surface area contributed by atoms with E-state index in [-0.39, 0.29) is 11.6 Å². The predicted molar refractivity (Wildman–Crippen MR) is 73.2 cm³/mol. The summed E-state index contributed by atoms with van der Waals surface area (Å²) in [7, 11) is 1.70. The molecular weight excluding hydrogens is 273 g/mol. The number of benzene rings is 1. The van der Waals surface area contributed by atoms with Crippen LogP contribution in [0.4, 0.5) is 0 Å². The second-order valence-electron chi connectivity index (χ2n) is 4.53. The van der Waals surface area contributed by atoms with E-state index in [1.54, 1.807) is 13.2 Å². The van der Waals surface area contributed by atoms with Crippen LogP contribution in [0.3, 0.4) is 0 Å². The largest absolute Gasteiger partial charge is 0.381 e. The van der Waals surface area contributed by atoms with Crippen LogP contribution >= 0.6 is 23.2 Å². The Labute approximate surface area is 117 Å². The molecule has 1 aromatic carbocycles. The Bertz CT molecular complexity index is 419. The van der Waals surface area contributed by atoms with Gasteiger partial charge in [-0.15, -0.1) is 0 Å². The molecule has 1 unspecified atom stereocenters. The van der Waals surface area contributed by atoms with Crippen molar-refractivity contribution in [1.82, 2.24) is 0 Å². The van der Waals surface area contributed by atoms with Crippen LogP contribution in [0.15, 0.2) is 18.2 Å². The Balaban J connectivity index is 2.27. The van der Waals surface area contributed by atoms with E-state index in [1.807, 2.05) is 12.1 Å². The third-order valence-corrected chi connectivity index (χ3v) is 4.35. The van der Waals surface area contributed by atoms with Crippen molar-refractivity contribution in [2.24, 2.45) is 5.73 Å². The SMILES string of the molecule is COC1(C(N)c2ccc(Cl)c(Cl)c2)CCOCC1. The summed E-state index contributed by atoms with van der Waals surface area (Å²) in [5.74, 6) is 0. The van der Waals surface area contributed by atoms with Crippen molar-refractivity contribution in [2.75, 3.05) is 20.3 Å².